The highest BCUT2D eigenvalue weighted by molar-refractivity contribution is 5.88. The van der Waals surface area contributed by atoms with Gasteiger partial charge in [-0.15, -0.1) is 0 Å². The molecule has 1 heterocycles. The molecule has 0 bridgehead atoms. The number of aromatic nitrogens is 3. The molecule has 5 nitrogen and oxygen atoms in total. The number of amides is 1. The van der Waals surface area contributed by atoms with E-state index < -0.39 is 5.41 Å². The van der Waals surface area contributed by atoms with E-state index in [-0.39, 0.29) is 11.7 Å². The van der Waals surface area contributed by atoms with Crippen molar-refractivity contribution in [3.63, 3.8) is 0 Å². The van der Waals surface area contributed by atoms with Crippen molar-refractivity contribution in [3.05, 3.63) is 83.7 Å². The molecular formula is C22H23FN4O. The van der Waals surface area contributed by atoms with E-state index in [2.05, 4.69) is 15.4 Å². The summed E-state index contributed by atoms with van der Waals surface area (Å²) in [6.45, 7) is 1.12. The second-order valence-electron chi connectivity index (χ2n) is 7.39. The quantitative estimate of drug-likeness (QED) is 0.713. The molecule has 1 aliphatic carbocycles. The Bertz CT molecular complexity index is 931. The van der Waals surface area contributed by atoms with Crippen molar-refractivity contribution in [2.24, 2.45) is 0 Å². The fourth-order valence-electron chi connectivity index (χ4n) is 4.03. The lowest BCUT2D eigenvalue weighted by Crippen LogP contribution is -2.42. The lowest BCUT2D eigenvalue weighted by molar-refractivity contribution is -0.126. The van der Waals surface area contributed by atoms with Gasteiger partial charge in [0.05, 0.1) is 12.0 Å². The van der Waals surface area contributed by atoms with Gasteiger partial charge in [0.2, 0.25) is 5.91 Å². The first-order valence-electron chi connectivity index (χ1n) is 9.60. The summed E-state index contributed by atoms with van der Waals surface area (Å²) < 4.78 is 15.5. The highest BCUT2D eigenvalue weighted by Gasteiger charge is 2.42. The van der Waals surface area contributed by atoms with Gasteiger partial charge in [-0.1, -0.05) is 49.2 Å². The van der Waals surface area contributed by atoms with Crippen molar-refractivity contribution in [1.82, 2.24) is 20.1 Å². The average molecular weight is 378 g/mol. The van der Waals surface area contributed by atoms with Crippen LogP contribution < -0.4 is 5.32 Å². The molecule has 0 radical (unpaired) electrons. The Morgan fingerprint density at radius 1 is 1.11 bits per heavy atom. The molecule has 1 N–H and O–H groups in total. The van der Waals surface area contributed by atoms with Crippen LogP contribution >= 0.6 is 0 Å². The smallest absolute Gasteiger partial charge is 0.230 e. The number of halogens is 1. The number of rotatable bonds is 6. The summed E-state index contributed by atoms with van der Waals surface area (Å²) in [7, 11) is 0. The summed E-state index contributed by atoms with van der Waals surface area (Å²) in [5, 5.41) is 7.18. The van der Waals surface area contributed by atoms with Crippen LogP contribution in [0.5, 0.6) is 0 Å². The Labute approximate surface area is 163 Å². The number of benzene rings is 2. The maximum atomic E-state index is 13.7. The largest absolute Gasteiger partial charge is 0.351 e. The van der Waals surface area contributed by atoms with Crippen molar-refractivity contribution in [1.29, 1.82) is 0 Å². The van der Waals surface area contributed by atoms with Crippen molar-refractivity contribution >= 4 is 5.91 Å². The zero-order chi connectivity index (χ0) is 19.4. The zero-order valence-corrected chi connectivity index (χ0v) is 15.6. The Balaban J connectivity index is 1.42. The maximum Gasteiger partial charge on any atom is 0.230 e. The van der Waals surface area contributed by atoms with Gasteiger partial charge in [0.15, 0.2) is 0 Å². The second-order valence-corrected chi connectivity index (χ2v) is 7.39. The first-order chi connectivity index (χ1) is 13.7. The van der Waals surface area contributed by atoms with Gasteiger partial charge in [-0.2, -0.15) is 5.10 Å². The molecule has 4 rings (SSSR count). The molecule has 0 aliphatic heterocycles. The summed E-state index contributed by atoms with van der Waals surface area (Å²) in [6.07, 6.45) is 6.70. The van der Waals surface area contributed by atoms with Crippen LogP contribution in [0.25, 0.3) is 0 Å². The van der Waals surface area contributed by atoms with Crippen LogP contribution in [0.1, 0.15) is 42.4 Å². The van der Waals surface area contributed by atoms with Crippen LogP contribution in [-0.2, 0) is 23.3 Å². The van der Waals surface area contributed by atoms with Crippen LogP contribution in [0.2, 0.25) is 0 Å². The van der Waals surface area contributed by atoms with Crippen LogP contribution in [0.3, 0.4) is 0 Å². The van der Waals surface area contributed by atoms with Crippen molar-refractivity contribution < 1.29 is 9.18 Å². The van der Waals surface area contributed by atoms with E-state index >= 15 is 0 Å². The second kappa shape index (κ2) is 7.92. The molecule has 1 saturated carbocycles. The standard InChI is InChI=1S/C22H23FN4O/c23-20-5-3-4-19(12-20)22(10-1-2-11-22)21(28)25-13-17-6-8-18(9-7-17)14-27-16-24-15-26-27/h3-9,12,15-16H,1-2,10-11,13-14H2,(H,25,28). The van der Waals surface area contributed by atoms with E-state index in [4.69, 9.17) is 0 Å². The summed E-state index contributed by atoms with van der Waals surface area (Å²) in [6, 6.07) is 14.6. The number of carbonyl (C=O) groups excluding carboxylic acids is 1. The number of nitrogens with one attached hydrogen (secondary N) is 1. The number of hydrogen-bond acceptors (Lipinski definition) is 3. The monoisotopic (exact) mass is 378 g/mol. The number of nitrogens with zero attached hydrogens (tertiary/aromatic N) is 3. The predicted molar refractivity (Wildman–Crippen MR) is 104 cm³/mol. The predicted octanol–water partition coefficient (Wildman–Crippen LogP) is 3.59. The highest BCUT2D eigenvalue weighted by Crippen LogP contribution is 2.41. The first kappa shape index (κ1) is 18.3. The van der Waals surface area contributed by atoms with Gasteiger partial charge in [0.1, 0.15) is 18.5 Å². The van der Waals surface area contributed by atoms with Gasteiger partial charge in [-0.3, -0.25) is 4.79 Å². The molecule has 0 atom stereocenters. The summed E-state index contributed by atoms with van der Waals surface area (Å²) in [5.74, 6) is -0.304. The van der Waals surface area contributed by atoms with Crippen LogP contribution in [0.15, 0.2) is 61.2 Å². The fraction of sp³-hybridized carbons (Fsp3) is 0.318. The van der Waals surface area contributed by atoms with Crippen LogP contribution in [-0.4, -0.2) is 20.7 Å². The molecule has 6 heteroatoms. The van der Waals surface area contributed by atoms with E-state index in [9.17, 15) is 9.18 Å². The van der Waals surface area contributed by atoms with E-state index in [1.165, 1.54) is 18.5 Å². The highest BCUT2D eigenvalue weighted by atomic mass is 19.1. The molecule has 0 spiro atoms. The first-order valence-corrected chi connectivity index (χ1v) is 9.60. The summed E-state index contributed by atoms with van der Waals surface area (Å²) >= 11 is 0. The minimum absolute atomic E-state index is 0.0118. The van der Waals surface area contributed by atoms with E-state index in [0.29, 0.717) is 13.1 Å². The van der Waals surface area contributed by atoms with Gasteiger partial charge in [-0.25, -0.2) is 14.1 Å². The Morgan fingerprint density at radius 2 is 1.86 bits per heavy atom. The molecule has 1 aromatic heterocycles. The molecule has 3 aromatic rings. The molecule has 28 heavy (non-hydrogen) atoms. The summed E-state index contributed by atoms with van der Waals surface area (Å²) in [4.78, 5) is 17.0. The third-order valence-electron chi connectivity index (χ3n) is 5.56. The van der Waals surface area contributed by atoms with E-state index in [1.54, 1.807) is 17.1 Å². The van der Waals surface area contributed by atoms with Gasteiger partial charge < -0.3 is 5.32 Å². The summed E-state index contributed by atoms with van der Waals surface area (Å²) in [5.41, 5.74) is 2.32. The molecule has 0 unspecified atom stereocenters. The SMILES string of the molecule is O=C(NCc1ccc(Cn2cncn2)cc1)C1(c2cccc(F)c2)CCCC1. The minimum Gasteiger partial charge on any atom is -0.351 e. The van der Waals surface area contributed by atoms with Crippen LogP contribution in [0, 0.1) is 5.82 Å². The molecule has 1 aliphatic rings. The lowest BCUT2D eigenvalue weighted by Gasteiger charge is -2.28. The number of carbonyl (C=O) groups is 1. The number of hydrogen-bond donors (Lipinski definition) is 1. The topological polar surface area (TPSA) is 59.8 Å². The van der Waals surface area contributed by atoms with Crippen molar-refractivity contribution in [3.8, 4) is 0 Å². The van der Waals surface area contributed by atoms with Gasteiger partial charge in [0.25, 0.3) is 0 Å². The zero-order valence-electron chi connectivity index (χ0n) is 15.6. The third kappa shape index (κ3) is 3.81. The Kier molecular flexibility index (Phi) is 5.19. The Morgan fingerprint density at radius 3 is 2.54 bits per heavy atom. The lowest BCUT2D eigenvalue weighted by atomic mass is 9.78. The third-order valence-corrected chi connectivity index (χ3v) is 5.56. The minimum atomic E-state index is -0.616. The van der Waals surface area contributed by atoms with E-state index in [0.717, 1.165) is 42.4 Å². The molecular weight excluding hydrogens is 355 g/mol. The Hall–Kier alpha value is -3.02. The molecule has 1 fully saturated rings. The average Bonchev–Trinajstić information content (AvgIpc) is 3.40. The molecule has 0 saturated heterocycles. The normalized spacial score (nSPS) is 15.5. The van der Waals surface area contributed by atoms with Crippen LogP contribution in [0.4, 0.5) is 4.39 Å². The maximum absolute atomic E-state index is 13.7. The molecule has 2 aromatic carbocycles. The van der Waals surface area contributed by atoms with E-state index in [1.807, 2.05) is 30.3 Å². The van der Waals surface area contributed by atoms with Crippen molar-refractivity contribution in [2.45, 2.75) is 44.2 Å². The van der Waals surface area contributed by atoms with Gasteiger partial charge >= 0.3 is 0 Å². The van der Waals surface area contributed by atoms with Crippen molar-refractivity contribution in [2.75, 3.05) is 0 Å². The molecule has 144 valence electrons. The van der Waals surface area contributed by atoms with Gasteiger partial charge in [0, 0.05) is 6.54 Å². The molecule has 1 amide bonds. The van der Waals surface area contributed by atoms with Gasteiger partial charge in [-0.05, 0) is 41.7 Å². The fourth-order valence-corrected chi connectivity index (χ4v) is 4.03.